The van der Waals surface area contributed by atoms with E-state index in [-0.39, 0.29) is 57.4 Å². The third-order valence-electron chi connectivity index (χ3n) is 0.961. The number of hydrogen-bond donors (Lipinski definition) is 2. The van der Waals surface area contributed by atoms with Gasteiger partial charge in [0.2, 0.25) is 0 Å². The molecule has 0 aliphatic carbocycles. The van der Waals surface area contributed by atoms with Crippen LogP contribution in [0, 0.1) is 11.3 Å². The van der Waals surface area contributed by atoms with Crippen molar-refractivity contribution < 1.29 is 17.5 Å². The normalized spacial score (nSPS) is 11.8. The molecular formula is C5H13KN2O4S. The van der Waals surface area contributed by atoms with Crippen LogP contribution in [0.25, 0.3) is 0 Å². The number of nitrogens with zero attached hydrogens (tertiary/aromatic N) is 2. The fraction of sp³-hybridized carbons (Fsp3) is 0.800. The number of nitriles is 1. The molecule has 2 N–H and O–H groups in total. The van der Waals surface area contributed by atoms with Gasteiger partial charge in [0, 0.05) is 0 Å². The first-order chi connectivity index (χ1) is 5.18. The molecule has 1 atom stereocenters. The first-order valence-corrected chi connectivity index (χ1v) is 4.34. The first kappa shape index (κ1) is 19.5. The molecule has 74 valence electrons. The quantitative estimate of drug-likeness (QED) is 0.454. The molecule has 0 aromatic heterocycles. The summed E-state index contributed by atoms with van der Waals surface area (Å²) in [6.07, 6.45) is 0. The van der Waals surface area contributed by atoms with Gasteiger partial charge in [0.05, 0.1) is 12.1 Å². The van der Waals surface area contributed by atoms with Crippen LogP contribution in [0.3, 0.4) is 0 Å². The second-order valence-electron chi connectivity index (χ2n) is 2.22. The van der Waals surface area contributed by atoms with Crippen LogP contribution < -0.4 is 0 Å². The van der Waals surface area contributed by atoms with E-state index >= 15 is 0 Å². The molecule has 0 amide bonds. The molecule has 0 aromatic carbocycles. The number of hydrogen-bond acceptors (Lipinski definition) is 4. The van der Waals surface area contributed by atoms with E-state index in [1.165, 1.54) is 0 Å². The van der Waals surface area contributed by atoms with Crippen molar-refractivity contribution in [2.24, 2.45) is 0 Å². The van der Waals surface area contributed by atoms with Gasteiger partial charge < -0.3 is 0 Å². The van der Waals surface area contributed by atoms with Gasteiger partial charge >= 0.3 is 61.8 Å². The third-order valence-corrected chi connectivity index (χ3v) is 0.961. The average molecular weight is 236 g/mol. The summed E-state index contributed by atoms with van der Waals surface area (Å²) in [6, 6.07) is 2.13. The second kappa shape index (κ2) is 9.51. The monoisotopic (exact) mass is 236 g/mol. The molecule has 0 saturated heterocycles. The fourth-order valence-electron chi connectivity index (χ4n) is 0.115. The van der Waals surface area contributed by atoms with Gasteiger partial charge in [-0.1, -0.05) is 0 Å². The Morgan fingerprint density at radius 1 is 1.38 bits per heavy atom. The Labute approximate surface area is 121 Å². The molecule has 0 saturated carbocycles. The molecule has 0 aromatic rings. The van der Waals surface area contributed by atoms with Crippen molar-refractivity contribution >= 4 is 61.8 Å². The predicted molar refractivity (Wildman–Crippen MR) is 50.1 cm³/mol. The fourth-order valence-corrected chi connectivity index (χ4v) is 0.115. The van der Waals surface area contributed by atoms with Gasteiger partial charge in [0.15, 0.2) is 0 Å². The van der Waals surface area contributed by atoms with Crippen molar-refractivity contribution in [1.29, 1.82) is 5.26 Å². The van der Waals surface area contributed by atoms with Crippen molar-refractivity contribution in [2.45, 2.75) is 13.0 Å². The molecule has 8 heteroatoms. The van der Waals surface area contributed by atoms with Gasteiger partial charge in [-0.05, 0) is 21.0 Å². The third kappa shape index (κ3) is 32.1. The van der Waals surface area contributed by atoms with Gasteiger partial charge in [0.25, 0.3) is 0 Å². The predicted octanol–water partition coefficient (Wildman–Crippen LogP) is -0.841. The molecule has 0 radical (unpaired) electrons. The molecule has 0 rings (SSSR count). The zero-order valence-corrected chi connectivity index (χ0v) is 7.91. The van der Waals surface area contributed by atoms with Crippen LogP contribution in [0.4, 0.5) is 0 Å². The molecule has 0 heterocycles. The summed E-state index contributed by atoms with van der Waals surface area (Å²) in [5.74, 6) is 0. The van der Waals surface area contributed by atoms with Crippen molar-refractivity contribution in [3.63, 3.8) is 0 Å². The van der Waals surface area contributed by atoms with Gasteiger partial charge in [-0.25, -0.2) is 0 Å². The van der Waals surface area contributed by atoms with E-state index in [0.29, 0.717) is 0 Å². The van der Waals surface area contributed by atoms with Crippen LogP contribution in [0.1, 0.15) is 6.92 Å². The van der Waals surface area contributed by atoms with Crippen LogP contribution in [-0.2, 0) is 10.4 Å². The maximum atomic E-state index is 8.74. The molecule has 0 fully saturated rings. The minimum absolute atomic E-state index is 0. The van der Waals surface area contributed by atoms with E-state index in [1.807, 2.05) is 25.9 Å². The molecule has 6 nitrogen and oxygen atoms in total. The molecule has 0 bridgehead atoms. The summed E-state index contributed by atoms with van der Waals surface area (Å²) in [5.41, 5.74) is 0. The Morgan fingerprint density at radius 2 is 1.62 bits per heavy atom. The van der Waals surface area contributed by atoms with E-state index in [2.05, 4.69) is 6.07 Å². The maximum absolute atomic E-state index is 8.74. The standard InChI is InChI=1S/C5H10N2.K.H2O4S.H/c1-5(4-6)7(2)3;;1-5(2,3)4;/h5H,1-3H3;;(H2,1,2,3,4);. The zero-order chi connectivity index (χ0) is 10.4. The summed E-state index contributed by atoms with van der Waals surface area (Å²) < 4.78 is 31.6. The molecule has 0 aliphatic heterocycles. The van der Waals surface area contributed by atoms with Crippen LogP contribution in [-0.4, -0.2) is 93.9 Å². The Kier molecular flexibility index (Phi) is 14.3. The Morgan fingerprint density at radius 3 is 1.62 bits per heavy atom. The minimum atomic E-state index is -4.67. The van der Waals surface area contributed by atoms with Gasteiger partial charge in [-0.2, -0.15) is 13.7 Å². The molecular weight excluding hydrogens is 223 g/mol. The van der Waals surface area contributed by atoms with Crippen LogP contribution in [0.5, 0.6) is 0 Å². The SMILES string of the molecule is CC(C#N)N(C)C.O=S(=O)(O)O.[KH]. The number of rotatable bonds is 1. The van der Waals surface area contributed by atoms with E-state index in [1.54, 1.807) is 0 Å². The van der Waals surface area contributed by atoms with Crippen LogP contribution >= 0.6 is 0 Å². The average Bonchev–Trinajstić information content (AvgIpc) is 1.82. The zero-order valence-electron chi connectivity index (χ0n) is 7.09. The van der Waals surface area contributed by atoms with Crippen LogP contribution in [0.2, 0.25) is 0 Å². The Balaban J connectivity index is -0.000000150. The van der Waals surface area contributed by atoms with E-state index in [0.717, 1.165) is 0 Å². The summed E-state index contributed by atoms with van der Waals surface area (Å²) in [4.78, 5) is 1.86. The summed E-state index contributed by atoms with van der Waals surface area (Å²) in [7, 11) is -0.901. The van der Waals surface area contributed by atoms with E-state index in [9.17, 15) is 0 Å². The summed E-state index contributed by atoms with van der Waals surface area (Å²) >= 11 is 0. The van der Waals surface area contributed by atoms with Crippen molar-refractivity contribution in [1.82, 2.24) is 4.90 Å². The van der Waals surface area contributed by atoms with Crippen molar-refractivity contribution in [3.8, 4) is 6.07 Å². The van der Waals surface area contributed by atoms with E-state index in [4.69, 9.17) is 22.8 Å². The van der Waals surface area contributed by atoms with Crippen LogP contribution in [0.15, 0.2) is 0 Å². The molecule has 1 unspecified atom stereocenters. The van der Waals surface area contributed by atoms with Crippen molar-refractivity contribution in [2.75, 3.05) is 14.1 Å². The molecule has 13 heavy (non-hydrogen) atoms. The first-order valence-electron chi connectivity index (χ1n) is 2.94. The Bertz CT molecular complexity index is 238. The molecule has 0 spiro atoms. The van der Waals surface area contributed by atoms with E-state index < -0.39 is 10.4 Å². The summed E-state index contributed by atoms with van der Waals surface area (Å²) in [5, 5.41) is 8.21. The van der Waals surface area contributed by atoms with Crippen molar-refractivity contribution in [3.05, 3.63) is 0 Å². The topological polar surface area (TPSA) is 102 Å². The van der Waals surface area contributed by atoms with Gasteiger partial charge in [0.1, 0.15) is 0 Å². The van der Waals surface area contributed by atoms with Gasteiger partial charge in [-0.3, -0.25) is 14.0 Å². The Hall–Kier alpha value is 0.956. The summed E-state index contributed by atoms with van der Waals surface area (Å²) in [6.45, 7) is 1.86. The second-order valence-corrected chi connectivity index (χ2v) is 3.11. The molecule has 0 aliphatic rings. The van der Waals surface area contributed by atoms with Gasteiger partial charge in [-0.15, -0.1) is 0 Å².